The van der Waals surface area contributed by atoms with Gasteiger partial charge in [-0.15, -0.1) is 0 Å². The number of rotatable bonds is 4. The van der Waals surface area contributed by atoms with Gasteiger partial charge >= 0.3 is 0 Å². The molecule has 0 fully saturated rings. The summed E-state index contributed by atoms with van der Waals surface area (Å²) in [7, 11) is 0. The van der Waals surface area contributed by atoms with Crippen LogP contribution in [-0.2, 0) is 0 Å². The lowest BCUT2D eigenvalue weighted by molar-refractivity contribution is 0.102. The molecule has 2 rings (SSSR count). The first-order valence-electron chi connectivity index (χ1n) is 6.11. The minimum atomic E-state index is -0.367. The summed E-state index contributed by atoms with van der Waals surface area (Å²) in [5.74, 6) is 0.00647. The van der Waals surface area contributed by atoms with Crippen LogP contribution in [0.4, 0.5) is 5.69 Å². The number of carbonyl (C=O) groups is 1. The number of pyridine rings is 2. The van der Waals surface area contributed by atoms with E-state index in [4.69, 9.17) is 16.3 Å². The number of ether oxygens (including phenoxy) is 1. The van der Waals surface area contributed by atoms with Crippen LogP contribution in [0.25, 0.3) is 0 Å². The number of carbonyl (C=O) groups excluding carboxylic acids is 1. The zero-order valence-electron chi connectivity index (χ0n) is 11.1. The number of anilines is 1. The van der Waals surface area contributed by atoms with Gasteiger partial charge in [-0.2, -0.15) is 0 Å². The van der Waals surface area contributed by atoms with Crippen LogP contribution >= 0.6 is 11.6 Å². The van der Waals surface area contributed by atoms with E-state index in [9.17, 15) is 4.79 Å². The van der Waals surface area contributed by atoms with Gasteiger partial charge in [0.15, 0.2) is 0 Å². The fraction of sp³-hybridized carbons (Fsp3) is 0.214. The lowest BCUT2D eigenvalue weighted by Crippen LogP contribution is -2.16. The smallest absolute Gasteiger partial charge is 0.274 e. The lowest BCUT2D eigenvalue weighted by atomic mass is 10.3. The quantitative estimate of drug-likeness (QED) is 0.940. The Morgan fingerprint density at radius 2 is 2.10 bits per heavy atom. The zero-order chi connectivity index (χ0) is 14.5. The molecule has 6 heteroatoms. The third kappa shape index (κ3) is 3.68. The first-order valence-corrected chi connectivity index (χ1v) is 6.48. The maximum Gasteiger partial charge on any atom is 0.274 e. The van der Waals surface area contributed by atoms with Crippen LogP contribution in [0.15, 0.2) is 36.7 Å². The number of halogens is 1. The van der Waals surface area contributed by atoms with E-state index in [1.165, 1.54) is 12.3 Å². The molecule has 0 bridgehead atoms. The van der Waals surface area contributed by atoms with E-state index in [1.54, 1.807) is 24.4 Å². The molecule has 0 aliphatic rings. The summed E-state index contributed by atoms with van der Waals surface area (Å²) in [5, 5.41) is 3.17. The highest BCUT2D eigenvalue weighted by Gasteiger charge is 2.12. The summed E-state index contributed by atoms with van der Waals surface area (Å²) in [4.78, 5) is 20.2. The van der Waals surface area contributed by atoms with Crippen LogP contribution in [0, 0.1) is 0 Å². The van der Waals surface area contributed by atoms with Crippen LogP contribution in [0.1, 0.15) is 24.3 Å². The Bertz CT molecular complexity index is 617. The van der Waals surface area contributed by atoms with Gasteiger partial charge in [0.2, 0.25) is 5.88 Å². The van der Waals surface area contributed by atoms with Crippen LogP contribution in [-0.4, -0.2) is 22.0 Å². The molecule has 5 nitrogen and oxygen atoms in total. The Hall–Kier alpha value is -2.14. The standard InChI is InChI=1S/C14H14ClN3O2/c1-9(2)20-14-11(4-3-6-17-14)18-13(19)12-8-10(15)5-7-16-12/h3-9H,1-2H3,(H,18,19). The fourth-order valence-corrected chi connectivity index (χ4v) is 1.68. The second-order valence-corrected chi connectivity index (χ2v) is 4.77. The van der Waals surface area contributed by atoms with Crippen LogP contribution in [0.3, 0.4) is 0 Å². The molecule has 0 aliphatic heterocycles. The second kappa shape index (κ2) is 6.34. The predicted octanol–water partition coefficient (Wildman–Crippen LogP) is 3.17. The Labute approximate surface area is 122 Å². The molecule has 0 saturated heterocycles. The molecule has 0 radical (unpaired) electrons. The van der Waals surface area contributed by atoms with Crippen molar-refractivity contribution in [3.8, 4) is 5.88 Å². The van der Waals surface area contributed by atoms with E-state index in [-0.39, 0.29) is 17.7 Å². The molecule has 20 heavy (non-hydrogen) atoms. The number of nitrogens with one attached hydrogen (secondary N) is 1. The summed E-state index contributed by atoms with van der Waals surface area (Å²) in [6, 6.07) is 6.54. The van der Waals surface area contributed by atoms with Gasteiger partial charge in [-0.3, -0.25) is 9.78 Å². The van der Waals surface area contributed by atoms with E-state index in [0.29, 0.717) is 16.6 Å². The number of nitrogens with zero attached hydrogens (tertiary/aromatic N) is 2. The zero-order valence-corrected chi connectivity index (χ0v) is 11.9. The van der Waals surface area contributed by atoms with E-state index >= 15 is 0 Å². The number of aromatic nitrogens is 2. The molecular weight excluding hydrogens is 278 g/mol. The molecule has 0 unspecified atom stereocenters. The highest BCUT2D eigenvalue weighted by molar-refractivity contribution is 6.30. The average Bonchev–Trinajstić information content (AvgIpc) is 2.40. The molecule has 0 aromatic carbocycles. The summed E-state index contributed by atoms with van der Waals surface area (Å²) in [6.45, 7) is 3.78. The fourth-order valence-electron chi connectivity index (χ4n) is 1.52. The normalized spacial score (nSPS) is 10.4. The summed E-state index contributed by atoms with van der Waals surface area (Å²) < 4.78 is 5.53. The summed E-state index contributed by atoms with van der Waals surface area (Å²) in [5.41, 5.74) is 0.727. The van der Waals surface area contributed by atoms with E-state index in [1.807, 2.05) is 13.8 Å². The largest absolute Gasteiger partial charge is 0.473 e. The van der Waals surface area contributed by atoms with Gasteiger partial charge in [-0.25, -0.2) is 4.98 Å². The predicted molar refractivity (Wildman–Crippen MR) is 77.2 cm³/mol. The number of hydrogen-bond donors (Lipinski definition) is 1. The van der Waals surface area contributed by atoms with Crippen molar-refractivity contribution < 1.29 is 9.53 Å². The van der Waals surface area contributed by atoms with Crippen LogP contribution in [0.2, 0.25) is 5.02 Å². The molecular formula is C14H14ClN3O2. The molecule has 0 spiro atoms. The minimum Gasteiger partial charge on any atom is -0.473 e. The maximum atomic E-state index is 12.1. The third-order valence-corrected chi connectivity index (χ3v) is 2.56. The van der Waals surface area contributed by atoms with Gasteiger partial charge in [0.05, 0.1) is 6.10 Å². The van der Waals surface area contributed by atoms with Gasteiger partial charge in [-0.05, 0) is 38.1 Å². The van der Waals surface area contributed by atoms with Crippen molar-refractivity contribution >= 4 is 23.2 Å². The van der Waals surface area contributed by atoms with Gasteiger partial charge < -0.3 is 10.1 Å². The van der Waals surface area contributed by atoms with Crippen LogP contribution < -0.4 is 10.1 Å². The van der Waals surface area contributed by atoms with Gasteiger partial charge in [0.1, 0.15) is 11.4 Å². The topological polar surface area (TPSA) is 64.1 Å². The van der Waals surface area contributed by atoms with Gasteiger partial charge in [-0.1, -0.05) is 11.6 Å². The van der Waals surface area contributed by atoms with E-state index in [0.717, 1.165) is 0 Å². The molecule has 2 aromatic heterocycles. The van der Waals surface area contributed by atoms with E-state index in [2.05, 4.69) is 15.3 Å². The lowest BCUT2D eigenvalue weighted by Gasteiger charge is -2.13. The number of amides is 1. The minimum absolute atomic E-state index is 0.0372. The first kappa shape index (κ1) is 14.3. The summed E-state index contributed by atoms with van der Waals surface area (Å²) in [6.07, 6.45) is 3.04. The first-order chi connectivity index (χ1) is 9.56. The molecule has 0 saturated carbocycles. The second-order valence-electron chi connectivity index (χ2n) is 4.34. The highest BCUT2D eigenvalue weighted by atomic mass is 35.5. The number of hydrogen-bond acceptors (Lipinski definition) is 4. The Kier molecular flexibility index (Phi) is 4.53. The molecule has 0 atom stereocenters. The van der Waals surface area contributed by atoms with Crippen molar-refractivity contribution in [2.75, 3.05) is 5.32 Å². The van der Waals surface area contributed by atoms with Crippen LogP contribution in [0.5, 0.6) is 5.88 Å². The third-order valence-electron chi connectivity index (χ3n) is 2.32. The Morgan fingerprint density at radius 3 is 2.80 bits per heavy atom. The monoisotopic (exact) mass is 291 g/mol. The van der Waals surface area contributed by atoms with Crippen molar-refractivity contribution in [1.82, 2.24) is 9.97 Å². The van der Waals surface area contributed by atoms with Gasteiger partial charge in [0, 0.05) is 17.4 Å². The molecule has 2 aromatic rings. The highest BCUT2D eigenvalue weighted by Crippen LogP contribution is 2.22. The van der Waals surface area contributed by atoms with Crippen molar-refractivity contribution in [2.45, 2.75) is 20.0 Å². The Balaban J connectivity index is 2.19. The molecule has 1 amide bonds. The van der Waals surface area contributed by atoms with Gasteiger partial charge in [0.25, 0.3) is 5.91 Å². The van der Waals surface area contributed by atoms with Crippen molar-refractivity contribution in [3.63, 3.8) is 0 Å². The SMILES string of the molecule is CC(C)Oc1ncccc1NC(=O)c1cc(Cl)ccn1. The van der Waals surface area contributed by atoms with E-state index < -0.39 is 0 Å². The molecule has 0 aliphatic carbocycles. The molecule has 2 heterocycles. The maximum absolute atomic E-state index is 12.1. The average molecular weight is 292 g/mol. The Morgan fingerprint density at radius 1 is 1.30 bits per heavy atom. The van der Waals surface area contributed by atoms with Crippen molar-refractivity contribution in [2.24, 2.45) is 0 Å². The van der Waals surface area contributed by atoms with Crippen molar-refractivity contribution in [1.29, 1.82) is 0 Å². The molecule has 1 N–H and O–H groups in total. The van der Waals surface area contributed by atoms with Crippen molar-refractivity contribution in [3.05, 3.63) is 47.4 Å². The summed E-state index contributed by atoms with van der Waals surface area (Å²) >= 11 is 5.83. The molecule has 104 valence electrons.